The fraction of sp³-hybridized carbons (Fsp3) is 0.818. The lowest BCUT2D eigenvalue weighted by molar-refractivity contribution is 0.000277. The molecule has 1 fully saturated rings. The van der Waals surface area contributed by atoms with Crippen LogP contribution in [0.5, 0.6) is 0 Å². The molecule has 0 aliphatic carbocycles. The van der Waals surface area contributed by atoms with Crippen LogP contribution in [0.4, 0.5) is 0 Å². The Morgan fingerprint density at radius 2 is 2.00 bits per heavy atom. The number of nitrogens with zero attached hydrogens (tertiary/aromatic N) is 1. The first-order chi connectivity index (χ1) is 7.56. The summed E-state index contributed by atoms with van der Waals surface area (Å²) in [6, 6.07) is 0. The summed E-state index contributed by atoms with van der Waals surface area (Å²) in [6.45, 7) is 3.65. The summed E-state index contributed by atoms with van der Waals surface area (Å²) in [4.78, 5) is 2.02. The van der Waals surface area contributed by atoms with Crippen molar-refractivity contribution in [2.45, 2.75) is 31.3 Å². The van der Waals surface area contributed by atoms with E-state index in [1.807, 2.05) is 24.1 Å². The van der Waals surface area contributed by atoms with Crippen molar-refractivity contribution < 1.29 is 14.9 Å². The quantitative estimate of drug-likeness (QED) is 0.525. The van der Waals surface area contributed by atoms with Gasteiger partial charge in [-0.15, -0.1) is 0 Å². The number of likely N-dealkylation sites (N-methyl/N-ethyl adjacent to an activating group) is 1. The molecule has 0 amide bonds. The summed E-state index contributed by atoms with van der Waals surface area (Å²) in [7, 11) is 1.94. The van der Waals surface area contributed by atoms with Crippen LogP contribution in [0.15, 0.2) is 12.2 Å². The Bertz CT molecular complexity index is 235. The van der Waals surface area contributed by atoms with E-state index in [-0.39, 0.29) is 12.2 Å². The van der Waals surface area contributed by atoms with Gasteiger partial charge < -0.3 is 25.6 Å². The predicted octanol–water partition coefficient (Wildman–Crippen LogP) is -1.06. The SMILES string of the molecule is C[C@@H]1O[C@H](CN(C)C/C=C\CN)[C@H](O)C1O. The summed E-state index contributed by atoms with van der Waals surface area (Å²) in [6.07, 6.45) is 1.67. The second-order valence-corrected chi connectivity index (χ2v) is 4.29. The highest BCUT2D eigenvalue weighted by Gasteiger charge is 2.40. The molecule has 1 aliphatic heterocycles. The lowest BCUT2D eigenvalue weighted by Gasteiger charge is -2.21. The lowest BCUT2D eigenvalue weighted by Crippen LogP contribution is -2.38. The molecule has 1 aliphatic rings. The highest BCUT2D eigenvalue weighted by molar-refractivity contribution is 4.91. The third-order valence-corrected chi connectivity index (χ3v) is 2.81. The van der Waals surface area contributed by atoms with Gasteiger partial charge in [-0.05, 0) is 14.0 Å². The first-order valence-corrected chi connectivity index (χ1v) is 5.61. The normalized spacial score (nSPS) is 35.4. The third kappa shape index (κ3) is 3.54. The van der Waals surface area contributed by atoms with Gasteiger partial charge >= 0.3 is 0 Å². The Labute approximate surface area is 96.5 Å². The molecule has 0 aromatic rings. The van der Waals surface area contributed by atoms with Crippen LogP contribution in [-0.2, 0) is 4.74 Å². The van der Waals surface area contributed by atoms with Gasteiger partial charge in [0.05, 0.1) is 12.2 Å². The van der Waals surface area contributed by atoms with Crippen molar-refractivity contribution in [2.75, 3.05) is 26.7 Å². The van der Waals surface area contributed by atoms with Gasteiger partial charge in [-0.25, -0.2) is 0 Å². The van der Waals surface area contributed by atoms with Crippen LogP contribution in [0.3, 0.4) is 0 Å². The Kier molecular flexibility index (Phi) is 5.37. The van der Waals surface area contributed by atoms with Crippen molar-refractivity contribution in [3.8, 4) is 0 Å². The zero-order valence-electron chi connectivity index (χ0n) is 9.91. The van der Waals surface area contributed by atoms with Gasteiger partial charge in [-0.2, -0.15) is 0 Å². The molecule has 4 N–H and O–H groups in total. The monoisotopic (exact) mass is 230 g/mol. The Morgan fingerprint density at radius 3 is 2.50 bits per heavy atom. The van der Waals surface area contributed by atoms with Crippen LogP contribution >= 0.6 is 0 Å². The van der Waals surface area contributed by atoms with E-state index in [1.54, 1.807) is 6.92 Å². The zero-order chi connectivity index (χ0) is 12.1. The fourth-order valence-corrected chi connectivity index (χ4v) is 1.82. The summed E-state index contributed by atoms with van der Waals surface area (Å²) in [5.74, 6) is 0. The fourth-order valence-electron chi connectivity index (χ4n) is 1.82. The van der Waals surface area contributed by atoms with Crippen LogP contribution in [0.1, 0.15) is 6.92 Å². The smallest absolute Gasteiger partial charge is 0.110 e. The molecule has 5 heteroatoms. The van der Waals surface area contributed by atoms with E-state index >= 15 is 0 Å². The first kappa shape index (κ1) is 13.6. The van der Waals surface area contributed by atoms with E-state index in [4.69, 9.17) is 10.5 Å². The third-order valence-electron chi connectivity index (χ3n) is 2.81. The maximum atomic E-state index is 9.71. The highest BCUT2D eigenvalue weighted by atomic mass is 16.5. The van der Waals surface area contributed by atoms with Crippen LogP contribution < -0.4 is 5.73 Å². The summed E-state index contributed by atoms with van der Waals surface area (Å²) in [5.41, 5.74) is 5.33. The minimum absolute atomic E-state index is 0.298. The first-order valence-electron chi connectivity index (χ1n) is 5.61. The van der Waals surface area contributed by atoms with Crippen molar-refractivity contribution in [3.63, 3.8) is 0 Å². The minimum atomic E-state index is -0.795. The average Bonchev–Trinajstić information content (AvgIpc) is 2.47. The second kappa shape index (κ2) is 6.32. The molecular weight excluding hydrogens is 208 g/mol. The van der Waals surface area contributed by atoms with E-state index in [9.17, 15) is 10.2 Å². The Balaban J connectivity index is 2.34. The summed E-state index contributed by atoms with van der Waals surface area (Å²) in [5, 5.41) is 19.2. The van der Waals surface area contributed by atoms with Crippen molar-refractivity contribution in [2.24, 2.45) is 5.73 Å². The number of nitrogens with two attached hydrogens (primary N) is 1. The molecule has 0 bridgehead atoms. The molecule has 0 aromatic carbocycles. The topological polar surface area (TPSA) is 79.0 Å². The molecule has 0 spiro atoms. The predicted molar refractivity (Wildman–Crippen MR) is 62.0 cm³/mol. The minimum Gasteiger partial charge on any atom is -0.388 e. The van der Waals surface area contributed by atoms with Gasteiger partial charge in [0.2, 0.25) is 0 Å². The van der Waals surface area contributed by atoms with Crippen molar-refractivity contribution in [3.05, 3.63) is 12.2 Å². The van der Waals surface area contributed by atoms with E-state index in [1.165, 1.54) is 0 Å². The van der Waals surface area contributed by atoms with Crippen molar-refractivity contribution >= 4 is 0 Å². The van der Waals surface area contributed by atoms with Crippen molar-refractivity contribution in [1.82, 2.24) is 4.90 Å². The lowest BCUT2D eigenvalue weighted by atomic mass is 10.1. The second-order valence-electron chi connectivity index (χ2n) is 4.29. The molecule has 1 rings (SSSR count). The highest BCUT2D eigenvalue weighted by Crippen LogP contribution is 2.21. The Morgan fingerprint density at radius 1 is 1.31 bits per heavy atom. The van der Waals surface area contributed by atoms with Gasteiger partial charge in [0.15, 0.2) is 0 Å². The van der Waals surface area contributed by atoms with Gasteiger partial charge in [0, 0.05) is 19.6 Å². The molecule has 1 heterocycles. The maximum absolute atomic E-state index is 9.71. The Hall–Kier alpha value is -0.460. The standard InChI is InChI=1S/C11H22N2O3/c1-8-10(14)11(15)9(16-8)7-13(2)6-4-3-5-12/h3-4,8-11,14-15H,5-7,12H2,1-2H3/b4-3-/t8-,9+,10?,11-/m0/s1. The van der Waals surface area contributed by atoms with E-state index in [0.29, 0.717) is 13.1 Å². The molecular formula is C11H22N2O3. The largest absolute Gasteiger partial charge is 0.388 e. The van der Waals surface area contributed by atoms with E-state index in [2.05, 4.69) is 0 Å². The number of rotatable bonds is 5. The van der Waals surface area contributed by atoms with E-state index in [0.717, 1.165) is 6.54 Å². The maximum Gasteiger partial charge on any atom is 0.110 e. The van der Waals surface area contributed by atoms with Crippen LogP contribution in [0.2, 0.25) is 0 Å². The van der Waals surface area contributed by atoms with Crippen LogP contribution in [-0.4, -0.2) is 66.2 Å². The number of aliphatic hydroxyl groups is 2. The van der Waals surface area contributed by atoms with Crippen LogP contribution in [0, 0.1) is 0 Å². The van der Waals surface area contributed by atoms with Gasteiger partial charge in [0.1, 0.15) is 12.2 Å². The molecule has 1 unspecified atom stereocenters. The number of hydrogen-bond donors (Lipinski definition) is 3. The average molecular weight is 230 g/mol. The van der Waals surface area contributed by atoms with E-state index < -0.39 is 12.2 Å². The molecule has 5 nitrogen and oxygen atoms in total. The molecule has 4 atom stereocenters. The van der Waals surface area contributed by atoms with Crippen LogP contribution in [0.25, 0.3) is 0 Å². The molecule has 16 heavy (non-hydrogen) atoms. The molecule has 94 valence electrons. The molecule has 0 radical (unpaired) electrons. The molecule has 0 saturated carbocycles. The molecule has 1 saturated heterocycles. The summed E-state index contributed by atoms with van der Waals surface area (Å²) >= 11 is 0. The molecule has 0 aromatic heterocycles. The zero-order valence-corrected chi connectivity index (χ0v) is 9.91. The van der Waals surface area contributed by atoms with Crippen molar-refractivity contribution in [1.29, 1.82) is 0 Å². The summed E-state index contributed by atoms with van der Waals surface area (Å²) < 4.78 is 5.47. The number of aliphatic hydroxyl groups excluding tert-OH is 2. The van der Waals surface area contributed by atoms with Gasteiger partial charge in [0.25, 0.3) is 0 Å². The van der Waals surface area contributed by atoms with Gasteiger partial charge in [-0.1, -0.05) is 12.2 Å². The van der Waals surface area contributed by atoms with Gasteiger partial charge in [-0.3, -0.25) is 0 Å². The number of ether oxygens (including phenoxy) is 1. The number of hydrogen-bond acceptors (Lipinski definition) is 5.